The number of thioether (sulfide) groups is 1. The second-order valence-corrected chi connectivity index (χ2v) is 8.56. The normalized spacial score (nSPS) is 18.0. The van der Waals surface area contributed by atoms with Crippen LogP contribution in [0, 0.1) is 18.3 Å². The number of carboxylic acids is 1. The summed E-state index contributed by atoms with van der Waals surface area (Å²) in [6, 6.07) is 1.97. The van der Waals surface area contributed by atoms with Gasteiger partial charge in [-0.15, -0.1) is 0 Å². The summed E-state index contributed by atoms with van der Waals surface area (Å²) in [5.41, 5.74) is 0.846. The van der Waals surface area contributed by atoms with E-state index >= 15 is 0 Å². The van der Waals surface area contributed by atoms with Crippen LogP contribution in [0.1, 0.15) is 36.0 Å². The average Bonchev–Trinajstić information content (AvgIpc) is 3.28. The first-order valence-electron chi connectivity index (χ1n) is 9.12. The smallest absolute Gasteiger partial charge is 0.305 e. The van der Waals surface area contributed by atoms with Crippen molar-refractivity contribution in [1.82, 2.24) is 9.47 Å². The number of carboxylic acid groups (broad SMARTS) is 1. The van der Waals surface area contributed by atoms with Crippen molar-refractivity contribution in [1.29, 1.82) is 5.26 Å². The lowest BCUT2D eigenvalue weighted by Crippen LogP contribution is -2.31. The zero-order valence-corrected chi connectivity index (χ0v) is 17.7. The van der Waals surface area contributed by atoms with E-state index in [1.54, 1.807) is 20.0 Å². The van der Waals surface area contributed by atoms with Gasteiger partial charge in [-0.1, -0.05) is 24.0 Å². The Hall–Kier alpha value is -2.64. The van der Waals surface area contributed by atoms with Crippen molar-refractivity contribution in [2.45, 2.75) is 26.2 Å². The summed E-state index contributed by atoms with van der Waals surface area (Å²) in [5.74, 6) is -0.688. The van der Waals surface area contributed by atoms with Crippen LogP contribution in [-0.2, 0) is 16.6 Å². The van der Waals surface area contributed by atoms with Crippen molar-refractivity contribution >= 4 is 52.1 Å². The Morgan fingerprint density at radius 2 is 2.00 bits per heavy atom. The van der Waals surface area contributed by atoms with Gasteiger partial charge in [0.05, 0.1) is 11.3 Å². The van der Waals surface area contributed by atoms with Crippen molar-refractivity contribution in [2.24, 2.45) is 7.05 Å². The molecule has 1 amide bonds. The number of aromatic nitrogens is 1. The van der Waals surface area contributed by atoms with Crippen LogP contribution in [0.25, 0.3) is 6.08 Å². The molecule has 0 atom stereocenters. The fourth-order valence-corrected chi connectivity index (χ4v) is 4.84. The van der Waals surface area contributed by atoms with Crippen LogP contribution < -0.4 is 10.5 Å². The van der Waals surface area contributed by atoms with Gasteiger partial charge in [0.1, 0.15) is 21.8 Å². The zero-order valence-electron chi connectivity index (χ0n) is 16.1. The molecule has 3 rings (SSSR count). The third-order valence-electron chi connectivity index (χ3n) is 5.07. The standard InChI is InChI=1S/C19H20N4O4S2/c1-11-12(9-14-18(27)23(19(28)29-14)8-5-15(24)25)16(22-6-3-4-7-22)21(2)17(26)13(11)10-20/h9H,3-8H2,1-2H3,(H,24,25)/b14-9-. The van der Waals surface area contributed by atoms with Crippen LogP contribution in [0.4, 0.5) is 5.82 Å². The van der Waals surface area contributed by atoms with Gasteiger partial charge < -0.3 is 10.0 Å². The topological polar surface area (TPSA) is 107 Å². The fourth-order valence-electron chi connectivity index (χ4n) is 3.55. The molecule has 2 aliphatic heterocycles. The van der Waals surface area contributed by atoms with Gasteiger partial charge in [-0.25, -0.2) is 0 Å². The van der Waals surface area contributed by atoms with Gasteiger partial charge in [-0.3, -0.25) is 23.9 Å². The number of amides is 1. The first-order valence-corrected chi connectivity index (χ1v) is 10.3. The summed E-state index contributed by atoms with van der Waals surface area (Å²) in [4.78, 5) is 40.0. The summed E-state index contributed by atoms with van der Waals surface area (Å²) < 4.78 is 1.77. The Balaban J connectivity index is 2.11. The molecule has 1 N–H and O–H groups in total. The van der Waals surface area contributed by atoms with Crippen molar-refractivity contribution in [2.75, 3.05) is 24.5 Å². The van der Waals surface area contributed by atoms with Crippen LogP contribution in [0.5, 0.6) is 0 Å². The predicted octanol–water partition coefficient (Wildman–Crippen LogP) is 1.84. The molecule has 0 radical (unpaired) electrons. The second kappa shape index (κ2) is 8.39. The van der Waals surface area contributed by atoms with E-state index in [0.29, 0.717) is 26.2 Å². The van der Waals surface area contributed by atoms with E-state index in [-0.39, 0.29) is 30.0 Å². The third kappa shape index (κ3) is 3.93. The van der Waals surface area contributed by atoms with Gasteiger partial charge >= 0.3 is 5.97 Å². The predicted molar refractivity (Wildman–Crippen MR) is 115 cm³/mol. The number of nitrogens with zero attached hydrogens (tertiary/aromatic N) is 4. The summed E-state index contributed by atoms with van der Waals surface area (Å²) in [6.45, 7) is 3.29. The molecule has 0 bridgehead atoms. The van der Waals surface area contributed by atoms with E-state index in [9.17, 15) is 19.6 Å². The molecule has 152 valence electrons. The first kappa shape index (κ1) is 21.1. The molecule has 1 aromatic rings. The van der Waals surface area contributed by atoms with E-state index in [1.807, 2.05) is 6.07 Å². The Kier molecular flexibility index (Phi) is 6.10. The lowest BCUT2D eigenvalue weighted by Gasteiger charge is -2.25. The number of aliphatic carboxylic acids is 1. The molecule has 1 aromatic heterocycles. The Morgan fingerprint density at radius 1 is 1.34 bits per heavy atom. The summed E-state index contributed by atoms with van der Waals surface area (Å²) >= 11 is 6.35. The fraction of sp³-hybridized carbons (Fsp3) is 0.421. The van der Waals surface area contributed by atoms with Gasteiger partial charge in [-0.05, 0) is 31.4 Å². The number of nitriles is 1. The van der Waals surface area contributed by atoms with E-state index in [2.05, 4.69) is 4.90 Å². The number of carbonyl (C=O) groups is 2. The van der Waals surface area contributed by atoms with E-state index in [0.717, 1.165) is 37.7 Å². The summed E-state index contributed by atoms with van der Waals surface area (Å²) in [6.07, 6.45) is 3.48. The summed E-state index contributed by atoms with van der Waals surface area (Å²) in [7, 11) is 1.63. The van der Waals surface area contributed by atoms with Gasteiger partial charge in [0.2, 0.25) is 0 Å². The second-order valence-electron chi connectivity index (χ2n) is 6.88. The minimum absolute atomic E-state index is 0.00598. The molecule has 29 heavy (non-hydrogen) atoms. The molecule has 2 fully saturated rings. The SMILES string of the molecule is Cc1c(/C=C2\SC(=S)N(CCC(=O)O)C2=O)c(N2CCCC2)n(C)c(=O)c1C#N. The molecule has 0 aliphatic carbocycles. The number of hydrogen-bond acceptors (Lipinski definition) is 7. The Morgan fingerprint density at radius 3 is 2.59 bits per heavy atom. The number of rotatable bonds is 5. The molecule has 0 saturated carbocycles. The number of anilines is 1. The highest BCUT2D eigenvalue weighted by Crippen LogP contribution is 2.36. The van der Waals surface area contributed by atoms with Crippen molar-refractivity contribution in [3.8, 4) is 6.07 Å². The van der Waals surface area contributed by atoms with Crippen molar-refractivity contribution in [3.05, 3.63) is 31.9 Å². The highest BCUT2D eigenvalue weighted by Gasteiger charge is 2.33. The molecular weight excluding hydrogens is 412 g/mol. The molecule has 0 spiro atoms. The number of pyridine rings is 1. The average molecular weight is 433 g/mol. The van der Waals surface area contributed by atoms with Crippen molar-refractivity contribution < 1.29 is 14.7 Å². The van der Waals surface area contributed by atoms with Crippen LogP contribution in [0.2, 0.25) is 0 Å². The Bertz CT molecular complexity index is 1030. The molecule has 0 aromatic carbocycles. The molecule has 8 nitrogen and oxygen atoms in total. The van der Waals surface area contributed by atoms with Gasteiger partial charge in [0, 0.05) is 32.2 Å². The van der Waals surface area contributed by atoms with Crippen molar-refractivity contribution in [3.63, 3.8) is 0 Å². The lowest BCUT2D eigenvalue weighted by atomic mass is 10.0. The highest BCUT2D eigenvalue weighted by atomic mass is 32.2. The highest BCUT2D eigenvalue weighted by molar-refractivity contribution is 8.26. The van der Waals surface area contributed by atoms with E-state index in [1.165, 1.54) is 9.47 Å². The third-order valence-corrected chi connectivity index (χ3v) is 6.45. The van der Waals surface area contributed by atoms with Crippen LogP contribution in [0.3, 0.4) is 0 Å². The molecular formula is C19H20N4O4S2. The van der Waals surface area contributed by atoms with E-state index in [4.69, 9.17) is 17.3 Å². The minimum atomic E-state index is -1.01. The van der Waals surface area contributed by atoms with Gasteiger partial charge in [0.15, 0.2) is 0 Å². The maximum Gasteiger partial charge on any atom is 0.305 e. The van der Waals surface area contributed by atoms with Gasteiger partial charge in [0.25, 0.3) is 11.5 Å². The largest absolute Gasteiger partial charge is 0.481 e. The quantitative estimate of drug-likeness (QED) is 0.555. The maximum atomic E-state index is 12.8. The van der Waals surface area contributed by atoms with E-state index < -0.39 is 5.97 Å². The minimum Gasteiger partial charge on any atom is -0.481 e. The number of thiocarbonyl (C=S) groups is 1. The number of hydrogen-bond donors (Lipinski definition) is 1. The van der Waals surface area contributed by atoms with Gasteiger partial charge in [-0.2, -0.15) is 5.26 Å². The Labute approximate surface area is 177 Å². The summed E-state index contributed by atoms with van der Waals surface area (Å²) in [5, 5.41) is 18.4. The number of carbonyl (C=O) groups excluding carboxylic acids is 1. The van der Waals surface area contributed by atoms with Crippen LogP contribution >= 0.6 is 24.0 Å². The first-order chi connectivity index (χ1) is 13.8. The molecule has 10 heteroatoms. The molecule has 2 aliphatic rings. The lowest BCUT2D eigenvalue weighted by molar-refractivity contribution is -0.137. The zero-order chi connectivity index (χ0) is 21.3. The molecule has 2 saturated heterocycles. The molecule has 3 heterocycles. The monoisotopic (exact) mass is 432 g/mol. The molecule has 0 unspecified atom stereocenters. The van der Waals surface area contributed by atoms with Crippen LogP contribution in [0.15, 0.2) is 9.70 Å². The van der Waals surface area contributed by atoms with Crippen LogP contribution in [-0.4, -0.2) is 50.4 Å². The maximum absolute atomic E-state index is 12.8.